The highest BCUT2D eigenvalue weighted by Crippen LogP contribution is 2.34. The van der Waals surface area contributed by atoms with E-state index in [9.17, 15) is 24.5 Å². The lowest BCUT2D eigenvalue weighted by Crippen LogP contribution is -2.58. The third-order valence-corrected chi connectivity index (χ3v) is 7.04. The third-order valence-electron chi connectivity index (χ3n) is 7.04. The fraction of sp³-hybridized carbons (Fsp3) is 0.467. The Balaban J connectivity index is 1.67. The second kappa shape index (κ2) is 13.4. The molecule has 0 saturated carbocycles. The van der Waals surface area contributed by atoms with Crippen molar-refractivity contribution in [2.24, 2.45) is 0 Å². The van der Waals surface area contributed by atoms with E-state index in [0.29, 0.717) is 31.7 Å². The summed E-state index contributed by atoms with van der Waals surface area (Å²) in [5.41, 5.74) is 4.51. The van der Waals surface area contributed by atoms with Crippen LogP contribution in [0.2, 0.25) is 0 Å². The summed E-state index contributed by atoms with van der Waals surface area (Å²) in [4.78, 5) is 10.8. The van der Waals surface area contributed by atoms with Crippen LogP contribution >= 0.6 is 0 Å². The second-order valence-electron chi connectivity index (χ2n) is 10.5. The molecular formula is C30H37FN2O7. The van der Waals surface area contributed by atoms with Gasteiger partial charge < -0.3 is 29.9 Å². The number of alkyl halides is 1. The number of hydrogen-bond acceptors (Lipinski definition) is 7. The fourth-order valence-corrected chi connectivity index (χ4v) is 4.85. The number of carboxylic acids is 1. The van der Waals surface area contributed by atoms with Gasteiger partial charge in [-0.15, -0.1) is 0 Å². The van der Waals surface area contributed by atoms with Gasteiger partial charge in [0.15, 0.2) is 6.17 Å². The highest BCUT2D eigenvalue weighted by molar-refractivity contribution is 5.66. The molecule has 0 amide bonds. The van der Waals surface area contributed by atoms with Crippen LogP contribution in [-0.4, -0.2) is 73.6 Å². The van der Waals surface area contributed by atoms with Crippen molar-refractivity contribution in [3.05, 3.63) is 82.5 Å². The lowest BCUT2D eigenvalue weighted by atomic mass is 9.98. The van der Waals surface area contributed by atoms with Gasteiger partial charge in [0, 0.05) is 18.4 Å². The van der Waals surface area contributed by atoms with Gasteiger partial charge in [0.1, 0.15) is 18.3 Å². The molecule has 2 aromatic carbocycles. The van der Waals surface area contributed by atoms with Crippen LogP contribution in [0.1, 0.15) is 60.6 Å². The van der Waals surface area contributed by atoms with Crippen LogP contribution in [0, 0.1) is 0 Å². The molecule has 4 rings (SSSR count). The number of nitrogens with zero attached hydrogens (tertiary/aromatic N) is 2. The topological polar surface area (TPSA) is 134 Å². The number of rotatable bonds is 12. The average molecular weight is 557 g/mol. The molecule has 2 heterocycles. The summed E-state index contributed by atoms with van der Waals surface area (Å²) in [6.45, 7) is 3.70. The molecule has 10 heteroatoms. The van der Waals surface area contributed by atoms with Crippen molar-refractivity contribution < 1.29 is 39.1 Å². The van der Waals surface area contributed by atoms with E-state index in [2.05, 4.69) is 0 Å². The van der Waals surface area contributed by atoms with Gasteiger partial charge in [-0.1, -0.05) is 68.4 Å². The van der Waals surface area contributed by atoms with E-state index < -0.39 is 43.3 Å². The highest BCUT2D eigenvalue weighted by Gasteiger charge is 2.46. The number of aromatic nitrogens is 2. The Kier molecular flexibility index (Phi) is 9.91. The van der Waals surface area contributed by atoms with Crippen molar-refractivity contribution >= 4 is 5.97 Å². The summed E-state index contributed by atoms with van der Waals surface area (Å²) in [5, 5.41) is 44.2. The zero-order chi connectivity index (χ0) is 28.8. The minimum Gasteiger partial charge on any atom is -0.481 e. The van der Waals surface area contributed by atoms with E-state index in [1.54, 1.807) is 4.68 Å². The number of benzene rings is 2. The molecule has 1 fully saturated rings. The van der Waals surface area contributed by atoms with Gasteiger partial charge in [-0.25, -0.2) is 9.07 Å². The van der Waals surface area contributed by atoms with E-state index in [1.807, 2.05) is 68.4 Å². The summed E-state index contributed by atoms with van der Waals surface area (Å²) in [6.07, 6.45) is -6.45. The first-order valence-corrected chi connectivity index (χ1v) is 13.5. The Bertz CT molecular complexity index is 1250. The third kappa shape index (κ3) is 7.06. The molecule has 1 aliphatic rings. The van der Waals surface area contributed by atoms with Gasteiger partial charge in [-0.05, 0) is 35.4 Å². The van der Waals surface area contributed by atoms with Crippen molar-refractivity contribution in [2.45, 2.75) is 82.8 Å². The number of ether oxygens (including phenoxy) is 2. The molecule has 1 aromatic heterocycles. The minimum absolute atomic E-state index is 0.0212. The monoisotopic (exact) mass is 556 g/mol. The minimum atomic E-state index is -1.96. The maximum Gasteiger partial charge on any atom is 0.303 e. The van der Waals surface area contributed by atoms with Crippen LogP contribution in [0.3, 0.4) is 0 Å². The van der Waals surface area contributed by atoms with Crippen LogP contribution in [0.25, 0.3) is 0 Å². The Morgan fingerprint density at radius 1 is 1.05 bits per heavy atom. The number of aliphatic hydroxyl groups excluding tert-OH is 3. The van der Waals surface area contributed by atoms with Gasteiger partial charge in [0.25, 0.3) is 0 Å². The van der Waals surface area contributed by atoms with Crippen LogP contribution < -0.4 is 4.74 Å². The normalized spacial score (nSPS) is 22.9. The van der Waals surface area contributed by atoms with Crippen molar-refractivity contribution in [1.29, 1.82) is 0 Å². The summed E-state index contributed by atoms with van der Waals surface area (Å²) < 4.78 is 27.8. The highest BCUT2D eigenvalue weighted by atomic mass is 19.1. The molecule has 1 saturated heterocycles. The van der Waals surface area contributed by atoms with Crippen LogP contribution in [-0.2, 0) is 28.9 Å². The van der Waals surface area contributed by atoms with Gasteiger partial charge in [0.05, 0.1) is 18.8 Å². The molecule has 4 N–H and O–H groups in total. The van der Waals surface area contributed by atoms with Crippen molar-refractivity contribution in [3.8, 4) is 5.88 Å². The summed E-state index contributed by atoms with van der Waals surface area (Å²) in [6, 6.07) is 17.5. The molecule has 3 aromatic rings. The van der Waals surface area contributed by atoms with E-state index in [0.717, 1.165) is 27.9 Å². The quantitative estimate of drug-likeness (QED) is 0.267. The maximum atomic E-state index is 14.4. The predicted octanol–water partition coefficient (Wildman–Crippen LogP) is 3.21. The summed E-state index contributed by atoms with van der Waals surface area (Å²) in [5.74, 6) is -0.471. The Morgan fingerprint density at radius 3 is 2.35 bits per heavy atom. The Hall–Kier alpha value is -3.31. The SMILES string of the molecule is CC(C)c1nn(Cc2ccccc2)c(O[C@@H]2O[C@H](CO)[C@@H](F)[C@H](O)[C@H]2O)c1Cc1ccc(CCCC(=O)O)cc1. The standard InChI is InChI=1S/C30H37FN2O7/c1-18(2)26-22(15-20-13-11-19(12-14-20)9-6-10-24(35)36)29(33(32-26)16-21-7-4-3-5-8-21)40-30-28(38)27(37)25(31)23(17-34)39-30/h3-5,7-8,11-14,18,23,25,27-28,30,34,37-38H,6,9-10,15-17H2,1-2H3,(H,35,36)/t23-,25-,27+,28-,30+/m1/s1. The Labute approximate surface area is 232 Å². The predicted molar refractivity (Wildman–Crippen MR) is 145 cm³/mol. The number of aliphatic hydroxyl groups is 3. The van der Waals surface area contributed by atoms with Crippen LogP contribution in [0.5, 0.6) is 5.88 Å². The van der Waals surface area contributed by atoms with Gasteiger partial charge in [-0.3, -0.25) is 4.79 Å². The molecule has 40 heavy (non-hydrogen) atoms. The Morgan fingerprint density at radius 2 is 1.73 bits per heavy atom. The van der Waals surface area contributed by atoms with Gasteiger partial charge in [-0.2, -0.15) is 5.10 Å². The molecule has 0 unspecified atom stereocenters. The fourth-order valence-electron chi connectivity index (χ4n) is 4.85. The van der Waals surface area contributed by atoms with Crippen molar-refractivity contribution in [3.63, 3.8) is 0 Å². The number of carboxylic acid groups (broad SMARTS) is 1. The molecule has 1 aliphatic heterocycles. The number of aliphatic carboxylic acids is 1. The van der Waals surface area contributed by atoms with Crippen molar-refractivity contribution in [2.75, 3.05) is 6.61 Å². The number of carbonyl (C=O) groups is 1. The molecular weight excluding hydrogens is 519 g/mol. The van der Waals surface area contributed by atoms with Crippen molar-refractivity contribution in [1.82, 2.24) is 9.78 Å². The largest absolute Gasteiger partial charge is 0.481 e. The first kappa shape index (κ1) is 29.7. The molecule has 9 nitrogen and oxygen atoms in total. The number of hydrogen-bond donors (Lipinski definition) is 4. The van der Waals surface area contributed by atoms with Crippen LogP contribution in [0.15, 0.2) is 54.6 Å². The van der Waals surface area contributed by atoms with E-state index >= 15 is 0 Å². The van der Waals surface area contributed by atoms with E-state index in [4.69, 9.17) is 19.7 Å². The van der Waals surface area contributed by atoms with E-state index in [1.165, 1.54) is 0 Å². The zero-order valence-corrected chi connectivity index (χ0v) is 22.7. The molecule has 0 radical (unpaired) electrons. The molecule has 0 aliphatic carbocycles. The molecule has 5 atom stereocenters. The first-order valence-electron chi connectivity index (χ1n) is 13.5. The summed E-state index contributed by atoms with van der Waals surface area (Å²) >= 11 is 0. The van der Waals surface area contributed by atoms with Gasteiger partial charge in [0.2, 0.25) is 12.2 Å². The lowest BCUT2D eigenvalue weighted by molar-refractivity contribution is -0.266. The first-order chi connectivity index (χ1) is 19.2. The molecule has 216 valence electrons. The lowest BCUT2D eigenvalue weighted by Gasteiger charge is -2.38. The van der Waals surface area contributed by atoms with E-state index in [-0.39, 0.29) is 12.3 Å². The molecule has 0 bridgehead atoms. The second-order valence-corrected chi connectivity index (χ2v) is 10.5. The summed E-state index contributed by atoms with van der Waals surface area (Å²) in [7, 11) is 0. The number of halogens is 1. The average Bonchev–Trinajstić information content (AvgIpc) is 3.26. The molecule has 0 spiro atoms. The van der Waals surface area contributed by atoms with Gasteiger partial charge >= 0.3 is 5.97 Å². The maximum absolute atomic E-state index is 14.4. The zero-order valence-electron chi connectivity index (χ0n) is 22.7. The number of aryl methyl sites for hydroxylation is 1. The van der Waals surface area contributed by atoms with Crippen LogP contribution in [0.4, 0.5) is 4.39 Å². The smallest absolute Gasteiger partial charge is 0.303 e.